The van der Waals surface area contributed by atoms with Crippen molar-refractivity contribution in [2.75, 3.05) is 12.9 Å². The lowest BCUT2D eigenvalue weighted by Gasteiger charge is -2.20. The van der Waals surface area contributed by atoms with Crippen LogP contribution in [-0.2, 0) is 10.0 Å². The van der Waals surface area contributed by atoms with Gasteiger partial charge in [-0.15, -0.1) is 0 Å². The Kier molecular flexibility index (Phi) is 5.41. The number of rotatable bonds is 7. The van der Waals surface area contributed by atoms with E-state index in [1.54, 1.807) is 13.2 Å². The largest absolute Gasteiger partial charge is 0.475 e. The van der Waals surface area contributed by atoms with Crippen LogP contribution >= 0.6 is 11.8 Å². The van der Waals surface area contributed by atoms with Gasteiger partial charge < -0.3 is 14.6 Å². The Balaban J connectivity index is 2.88. The van der Waals surface area contributed by atoms with Crippen molar-refractivity contribution in [2.24, 2.45) is 0 Å². The Morgan fingerprint density at radius 1 is 1.53 bits per heavy atom. The van der Waals surface area contributed by atoms with Crippen molar-refractivity contribution >= 4 is 27.8 Å². The van der Waals surface area contributed by atoms with Crippen molar-refractivity contribution < 1.29 is 27.8 Å². The van der Waals surface area contributed by atoms with Gasteiger partial charge in [0.2, 0.25) is 10.9 Å². The molecule has 0 saturated carbocycles. The molecule has 0 spiro atoms. The van der Waals surface area contributed by atoms with Crippen molar-refractivity contribution in [1.82, 2.24) is 4.72 Å². The monoisotopic (exact) mass is 309 g/mol. The van der Waals surface area contributed by atoms with Crippen LogP contribution < -0.4 is 4.72 Å². The van der Waals surface area contributed by atoms with Gasteiger partial charge in [-0.3, -0.25) is 0 Å². The van der Waals surface area contributed by atoms with Crippen molar-refractivity contribution in [3.63, 3.8) is 0 Å². The third-order valence-corrected chi connectivity index (χ3v) is 5.03. The number of sulfonamides is 1. The second kappa shape index (κ2) is 6.42. The van der Waals surface area contributed by atoms with Gasteiger partial charge in [-0.05, 0) is 25.3 Å². The molecule has 0 aliphatic rings. The van der Waals surface area contributed by atoms with E-state index in [0.717, 1.165) is 12.1 Å². The van der Waals surface area contributed by atoms with Gasteiger partial charge in [0.1, 0.15) is 0 Å². The van der Waals surface area contributed by atoms with E-state index in [0.29, 0.717) is 0 Å². The average molecular weight is 309 g/mol. The zero-order valence-electron chi connectivity index (χ0n) is 10.4. The van der Waals surface area contributed by atoms with Gasteiger partial charge in [0.05, 0.1) is 6.61 Å². The summed E-state index contributed by atoms with van der Waals surface area (Å²) >= 11 is 1.32. The van der Waals surface area contributed by atoms with Crippen LogP contribution in [0, 0.1) is 0 Å². The quantitative estimate of drug-likeness (QED) is 0.666. The molecule has 9 heteroatoms. The van der Waals surface area contributed by atoms with E-state index >= 15 is 0 Å². The predicted octanol–water partition coefficient (Wildman–Crippen LogP) is 0.368. The lowest BCUT2D eigenvalue weighted by Crippen LogP contribution is -2.41. The Labute approximate surface area is 115 Å². The molecule has 19 heavy (non-hydrogen) atoms. The van der Waals surface area contributed by atoms with Crippen molar-refractivity contribution in [3.8, 4) is 0 Å². The highest BCUT2D eigenvalue weighted by Gasteiger charge is 2.26. The van der Waals surface area contributed by atoms with Crippen molar-refractivity contribution in [2.45, 2.75) is 23.3 Å². The SMILES string of the molecule is CSC(CO)C(C)NS(=O)(=O)c1ccc(C(=O)O)o1. The number of aliphatic hydroxyl groups is 1. The molecular weight excluding hydrogens is 294 g/mol. The summed E-state index contributed by atoms with van der Waals surface area (Å²) in [4.78, 5) is 10.6. The van der Waals surface area contributed by atoms with Crippen LogP contribution in [0.15, 0.2) is 21.6 Å². The molecule has 1 heterocycles. The number of furan rings is 1. The molecule has 7 nitrogen and oxygen atoms in total. The van der Waals surface area contributed by atoms with E-state index in [1.807, 2.05) is 0 Å². The highest BCUT2D eigenvalue weighted by molar-refractivity contribution is 7.99. The van der Waals surface area contributed by atoms with E-state index in [2.05, 4.69) is 4.72 Å². The predicted molar refractivity (Wildman–Crippen MR) is 69.8 cm³/mol. The van der Waals surface area contributed by atoms with Crippen LogP contribution in [0.25, 0.3) is 0 Å². The number of carbonyl (C=O) groups is 1. The van der Waals surface area contributed by atoms with E-state index in [1.165, 1.54) is 11.8 Å². The number of thioether (sulfide) groups is 1. The normalized spacial score (nSPS) is 15.1. The minimum Gasteiger partial charge on any atom is -0.475 e. The summed E-state index contributed by atoms with van der Waals surface area (Å²) in [7, 11) is -3.94. The Bertz CT molecular complexity index is 534. The highest BCUT2D eigenvalue weighted by atomic mass is 32.2. The molecule has 0 fully saturated rings. The van der Waals surface area contributed by atoms with Crippen LogP contribution in [0.5, 0.6) is 0 Å². The topological polar surface area (TPSA) is 117 Å². The first-order chi connectivity index (χ1) is 8.81. The molecule has 0 amide bonds. The summed E-state index contributed by atoms with van der Waals surface area (Å²) in [5.41, 5.74) is 0. The fourth-order valence-corrected chi connectivity index (χ4v) is 3.32. The van der Waals surface area contributed by atoms with Crippen molar-refractivity contribution in [1.29, 1.82) is 0 Å². The lowest BCUT2D eigenvalue weighted by atomic mass is 10.3. The zero-order valence-corrected chi connectivity index (χ0v) is 12.0. The molecule has 0 aliphatic heterocycles. The van der Waals surface area contributed by atoms with Gasteiger partial charge in [0, 0.05) is 11.3 Å². The van der Waals surface area contributed by atoms with Gasteiger partial charge in [-0.25, -0.2) is 17.9 Å². The summed E-state index contributed by atoms with van der Waals surface area (Å²) in [6, 6.07) is 1.62. The maximum absolute atomic E-state index is 11.9. The molecule has 0 aromatic carbocycles. The standard InChI is InChI=1S/C10H15NO6S2/c1-6(8(5-12)18-2)11-19(15,16)9-4-3-7(17-9)10(13)14/h3-4,6,8,11-12H,5H2,1-2H3,(H,13,14). The van der Waals surface area contributed by atoms with Gasteiger partial charge in [0.25, 0.3) is 10.0 Å². The molecule has 1 aromatic heterocycles. The zero-order chi connectivity index (χ0) is 14.6. The van der Waals surface area contributed by atoms with Crippen LogP contribution in [0.1, 0.15) is 17.5 Å². The second-order valence-corrected chi connectivity index (χ2v) is 6.51. The third kappa shape index (κ3) is 3.96. The fourth-order valence-electron chi connectivity index (χ4n) is 1.39. The van der Waals surface area contributed by atoms with Gasteiger partial charge >= 0.3 is 5.97 Å². The molecule has 1 aromatic rings. The Hall–Kier alpha value is -1.03. The number of aliphatic hydroxyl groups excluding tert-OH is 1. The van der Waals surface area contributed by atoms with Crippen LogP contribution in [-0.4, -0.2) is 48.8 Å². The molecule has 3 N–H and O–H groups in total. The summed E-state index contributed by atoms with van der Waals surface area (Å²) in [5, 5.41) is 17.0. The Morgan fingerprint density at radius 2 is 2.16 bits per heavy atom. The van der Waals surface area contributed by atoms with E-state index < -0.39 is 32.9 Å². The molecule has 0 saturated heterocycles. The number of carboxylic acids is 1. The number of carboxylic acid groups (broad SMARTS) is 1. The smallest absolute Gasteiger partial charge is 0.371 e. The number of nitrogens with one attached hydrogen (secondary N) is 1. The summed E-state index contributed by atoms with van der Waals surface area (Å²) in [6.07, 6.45) is 1.75. The first-order valence-electron chi connectivity index (χ1n) is 5.31. The maximum atomic E-state index is 11.9. The minimum absolute atomic E-state index is 0.177. The minimum atomic E-state index is -3.94. The van der Waals surface area contributed by atoms with Gasteiger partial charge in [0.15, 0.2) is 0 Å². The van der Waals surface area contributed by atoms with Crippen LogP contribution in [0.2, 0.25) is 0 Å². The fraction of sp³-hybridized carbons (Fsp3) is 0.500. The van der Waals surface area contributed by atoms with E-state index in [-0.39, 0.29) is 11.9 Å². The van der Waals surface area contributed by atoms with E-state index in [4.69, 9.17) is 14.6 Å². The summed E-state index contributed by atoms with van der Waals surface area (Å²) in [6.45, 7) is 1.43. The summed E-state index contributed by atoms with van der Waals surface area (Å²) in [5.74, 6) is -1.79. The molecular formula is C10H15NO6S2. The number of hydrogen-bond acceptors (Lipinski definition) is 6. The van der Waals surface area contributed by atoms with Crippen molar-refractivity contribution in [3.05, 3.63) is 17.9 Å². The summed E-state index contributed by atoms with van der Waals surface area (Å²) < 4.78 is 30.9. The molecule has 2 atom stereocenters. The molecule has 0 aliphatic carbocycles. The first-order valence-corrected chi connectivity index (χ1v) is 8.08. The van der Waals surface area contributed by atoms with Crippen LogP contribution in [0.3, 0.4) is 0 Å². The molecule has 108 valence electrons. The molecule has 0 radical (unpaired) electrons. The third-order valence-electron chi connectivity index (χ3n) is 2.44. The van der Waals surface area contributed by atoms with E-state index in [9.17, 15) is 13.2 Å². The second-order valence-electron chi connectivity index (χ2n) is 3.79. The molecule has 0 bridgehead atoms. The average Bonchev–Trinajstić information content (AvgIpc) is 2.79. The number of aromatic carboxylic acids is 1. The first kappa shape index (κ1) is 16.0. The highest BCUT2D eigenvalue weighted by Crippen LogP contribution is 2.17. The molecule has 2 unspecified atom stereocenters. The lowest BCUT2D eigenvalue weighted by molar-refractivity contribution is 0.0656. The van der Waals surface area contributed by atoms with Crippen LogP contribution in [0.4, 0.5) is 0 Å². The maximum Gasteiger partial charge on any atom is 0.371 e. The molecule has 1 rings (SSSR count). The van der Waals surface area contributed by atoms with Gasteiger partial charge in [-0.1, -0.05) is 0 Å². The Morgan fingerprint density at radius 3 is 2.58 bits per heavy atom. The van der Waals surface area contributed by atoms with Gasteiger partial charge in [-0.2, -0.15) is 11.8 Å². The number of hydrogen-bond donors (Lipinski definition) is 3.